The van der Waals surface area contributed by atoms with Gasteiger partial charge in [0.1, 0.15) is 0 Å². The predicted molar refractivity (Wildman–Crippen MR) is 186 cm³/mol. The molecule has 2 aromatic heterocycles. The second-order valence-electron chi connectivity index (χ2n) is 9.77. The quantitative estimate of drug-likeness (QED) is 0.124. The SMILES string of the molecule is CC(=Nc1ccc(Sc2ccc(N)cc2)cc1)c1ccc[n-]1.CC(=Nc1ccc(Sc2ccc(N)cc2)cc1)c1ccc[n-]1.[Co+2]. The fourth-order valence-corrected chi connectivity index (χ4v) is 5.69. The van der Waals surface area contributed by atoms with Gasteiger partial charge in [-0.05, 0) is 111 Å². The van der Waals surface area contributed by atoms with Crippen molar-refractivity contribution < 1.29 is 16.8 Å². The molecule has 0 aliphatic rings. The molecule has 0 atom stereocenters. The minimum absolute atomic E-state index is 0. The first kappa shape index (κ1) is 33.5. The van der Waals surface area contributed by atoms with Crippen molar-refractivity contribution in [3.8, 4) is 0 Å². The third kappa shape index (κ3) is 10.3. The van der Waals surface area contributed by atoms with Gasteiger partial charge < -0.3 is 21.4 Å². The van der Waals surface area contributed by atoms with E-state index in [1.807, 2.05) is 111 Å². The Hall–Kier alpha value is -4.41. The number of nitrogens with two attached hydrogens (primary N) is 2. The van der Waals surface area contributed by atoms with Crippen LogP contribution in [0.25, 0.3) is 0 Å². The molecule has 0 bridgehead atoms. The van der Waals surface area contributed by atoms with Crippen molar-refractivity contribution >= 4 is 57.7 Å². The number of nitrogen functional groups attached to an aromatic ring is 2. The molecule has 0 aliphatic heterocycles. The van der Waals surface area contributed by atoms with Crippen LogP contribution >= 0.6 is 23.5 Å². The number of aliphatic imine (C=N–C) groups is 2. The Morgan fingerprint density at radius 2 is 0.800 bits per heavy atom. The van der Waals surface area contributed by atoms with Crippen molar-refractivity contribution in [1.29, 1.82) is 0 Å². The van der Waals surface area contributed by atoms with E-state index in [9.17, 15) is 0 Å². The van der Waals surface area contributed by atoms with Crippen LogP contribution in [-0.4, -0.2) is 11.4 Å². The third-order valence-corrected chi connectivity index (χ3v) is 8.38. The Kier molecular flexibility index (Phi) is 12.4. The maximum absolute atomic E-state index is 5.70. The van der Waals surface area contributed by atoms with Gasteiger partial charge in [0.25, 0.3) is 0 Å². The Bertz CT molecular complexity index is 1660. The molecule has 0 amide bonds. The van der Waals surface area contributed by atoms with Gasteiger partial charge in [-0.1, -0.05) is 47.8 Å². The number of hydrogen-bond acceptors (Lipinski definition) is 6. The molecule has 1 radical (unpaired) electrons. The molecular weight excluding hydrogens is 640 g/mol. The Morgan fingerprint density at radius 1 is 0.489 bits per heavy atom. The Labute approximate surface area is 283 Å². The maximum atomic E-state index is 5.70. The molecule has 0 spiro atoms. The van der Waals surface area contributed by atoms with E-state index in [2.05, 4.69) is 44.2 Å². The molecule has 0 fully saturated rings. The molecule has 2 heterocycles. The van der Waals surface area contributed by atoms with Crippen molar-refractivity contribution in [2.24, 2.45) is 9.98 Å². The van der Waals surface area contributed by atoms with Crippen molar-refractivity contribution in [2.45, 2.75) is 33.4 Å². The summed E-state index contributed by atoms with van der Waals surface area (Å²) in [7, 11) is 0. The van der Waals surface area contributed by atoms with Crippen LogP contribution < -0.4 is 21.4 Å². The van der Waals surface area contributed by atoms with E-state index < -0.39 is 0 Å². The zero-order valence-electron chi connectivity index (χ0n) is 24.8. The van der Waals surface area contributed by atoms with Gasteiger partial charge >= 0.3 is 16.8 Å². The molecule has 45 heavy (non-hydrogen) atoms. The standard InChI is InChI=1S/2C18H16N3S.Co/c2*1-13(18-3-2-12-20-18)21-15-6-10-17(11-7-15)22-16-8-4-14(19)5-9-16;/h2*2-12H,19H2,1H3;/q2*-1;+2. The second-order valence-corrected chi connectivity index (χ2v) is 12.1. The van der Waals surface area contributed by atoms with Crippen LogP contribution in [0.3, 0.4) is 0 Å². The number of hydrogen-bond donors (Lipinski definition) is 2. The number of aromatic nitrogens is 2. The number of nitrogens with zero attached hydrogens (tertiary/aromatic N) is 4. The summed E-state index contributed by atoms with van der Waals surface area (Å²) in [5, 5.41) is 0. The smallest absolute Gasteiger partial charge is 0.663 e. The molecule has 0 unspecified atom stereocenters. The molecular formula is C36H32CoN6S2. The summed E-state index contributed by atoms with van der Waals surface area (Å²) in [6.07, 6.45) is 3.56. The topological polar surface area (TPSA) is 105 Å². The monoisotopic (exact) mass is 671 g/mol. The fraction of sp³-hybridized carbons (Fsp3) is 0.0556. The molecule has 0 aliphatic carbocycles. The molecule has 6 aromatic rings. The summed E-state index contributed by atoms with van der Waals surface area (Å²) in [4.78, 5) is 22.4. The van der Waals surface area contributed by atoms with E-state index in [0.29, 0.717) is 0 Å². The van der Waals surface area contributed by atoms with Crippen LogP contribution in [-0.2, 0) is 16.8 Å². The first-order chi connectivity index (χ1) is 21.4. The Morgan fingerprint density at radius 3 is 1.09 bits per heavy atom. The van der Waals surface area contributed by atoms with E-state index in [-0.39, 0.29) is 16.8 Å². The van der Waals surface area contributed by atoms with E-state index in [1.165, 1.54) is 19.6 Å². The van der Waals surface area contributed by atoms with Gasteiger partial charge in [0, 0.05) is 42.4 Å². The van der Waals surface area contributed by atoms with Crippen LogP contribution in [0.4, 0.5) is 22.7 Å². The molecule has 9 heteroatoms. The molecule has 4 aromatic carbocycles. The van der Waals surface area contributed by atoms with Crippen LogP contribution in [0.15, 0.2) is 163 Å². The zero-order chi connectivity index (χ0) is 30.7. The summed E-state index contributed by atoms with van der Waals surface area (Å²) in [6, 6.07) is 39.9. The fourth-order valence-electron chi connectivity index (χ4n) is 4.05. The average Bonchev–Trinajstić information content (AvgIpc) is 3.78. The summed E-state index contributed by atoms with van der Waals surface area (Å²) in [5.41, 5.74) is 18.5. The molecule has 227 valence electrons. The number of rotatable bonds is 8. The van der Waals surface area contributed by atoms with Gasteiger partial charge in [-0.15, -0.1) is 11.4 Å². The Balaban J connectivity index is 0.000000200. The van der Waals surface area contributed by atoms with Gasteiger partial charge in [0.15, 0.2) is 0 Å². The van der Waals surface area contributed by atoms with E-state index >= 15 is 0 Å². The second kappa shape index (κ2) is 16.6. The average molecular weight is 672 g/mol. The number of benzene rings is 4. The van der Waals surface area contributed by atoms with Crippen molar-refractivity contribution in [1.82, 2.24) is 9.97 Å². The van der Waals surface area contributed by atoms with Crippen molar-refractivity contribution in [3.63, 3.8) is 0 Å². The zero-order valence-corrected chi connectivity index (χ0v) is 27.5. The van der Waals surface area contributed by atoms with Crippen LogP contribution in [0, 0.1) is 0 Å². The van der Waals surface area contributed by atoms with E-state index in [4.69, 9.17) is 11.5 Å². The van der Waals surface area contributed by atoms with Crippen LogP contribution in [0.1, 0.15) is 25.2 Å². The van der Waals surface area contributed by atoms with Crippen molar-refractivity contribution in [2.75, 3.05) is 11.5 Å². The summed E-state index contributed by atoms with van der Waals surface area (Å²) in [6.45, 7) is 3.94. The molecule has 0 saturated carbocycles. The van der Waals surface area contributed by atoms with Gasteiger partial charge in [0.05, 0.1) is 11.4 Å². The minimum atomic E-state index is 0. The van der Waals surface area contributed by atoms with Gasteiger partial charge in [0.2, 0.25) is 0 Å². The first-order valence-corrected chi connectivity index (χ1v) is 15.6. The van der Waals surface area contributed by atoms with Crippen molar-refractivity contribution in [3.05, 3.63) is 145 Å². The maximum Gasteiger partial charge on any atom is 2.00 e. The number of anilines is 2. The van der Waals surface area contributed by atoms with E-state index in [0.717, 1.165) is 45.6 Å². The minimum Gasteiger partial charge on any atom is -0.663 e. The predicted octanol–water partition coefficient (Wildman–Crippen LogP) is 9.03. The third-order valence-electron chi connectivity index (χ3n) is 6.35. The molecule has 6 rings (SSSR count). The molecule has 6 nitrogen and oxygen atoms in total. The summed E-state index contributed by atoms with van der Waals surface area (Å²) < 4.78 is 0. The largest absolute Gasteiger partial charge is 2.00 e. The first-order valence-electron chi connectivity index (χ1n) is 13.9. The normalized spacial score (nSPS) is 11.3. The van der Waals surface area contributed by atoms with Gasteiger partial charge in [-0.25, -0.2) is 0 Å². The molecule has 0 saturated heterocycles. The summed E-state index contributed by atoms with van der Waals surface area (Å²) in [5.74, 6) is 0. The van der Waals surface area contributed by atoms with Gasteiger partial charge in [-0.2, -0.15) is 12.4 Å². The molecule has 4 N–H and O–H groups in total. The van der Waals surface area contributed by atoms with Crippen LogP contribution in [0.5, 0.6) is 0 Å². The van der Waals surface area contributed by atoms with E-state index in [1.54, 1.807) is 35.9 Å². The summed E-state index contributed by atoms with van der Waals surface area (Å²) >= 11 is 3.41. The van der Waals surface area contributed by atoms with Gasteiger partial charge in [-0.3, -0.25) is 9.98 Å². The van der Waals surface area contributed by atoms with Crippen LogP contribution in [0.2, 0.25) is 0 Å².